The molecule has 1 atom stereocenters. The molecule has 6 heteroatoms. The van der Waals surface area contributed by atoms with Crippen LogP contribution >= 0.6 is 11.6 Å². The highest BCUT2D eigenvalue weighted by atomic mass is 35.5. The maximum absolute atomic E-state index is 12.4. The van der Waals surface area contributed by atoms with Crippen molar-refractivity contribution >= 4 is 23.3 Å². The zero-order valence-electron chi connectivity index (χ0n) is 13.5. The zero-order valence-corrected chi connectivity index (χ0v) is 14.2. The quantitative estimate of drug-likeness (QED) is 0.906. The van der Waals surface area contributed by atoms with Crippen LogP contribution in [0, 0.1) is 5.92 Å². The van der Waals surface area contributed by atoms with E-state index in [0.29, 0.717) is 13.1 Å². The lowest BCUT2D eigenvalue weighted by atomic mass is 9.97. The topological polar surface area (TPSA) is 58.1 Å². The molecular formula is C18H21ClN4O. The number of benzene rings is 1. The highest BCUT2D eigenvalue weighted by Crippen LogP contribution is 2.21. The number of carbonyl (C=O) groups is 1. The Morgan fingerprint density at radius 1 is 1.29 bits per heavy atom. The molecule has 1 amide bonds. The second-order valence-corrected chi connectivity index (χ2v) is 6.45. The minimum atomic E-state index is 0.00553. The van der Waals surface area contributed by atoms with Crippen LogP contribution in [-0.4, -0.2) is 35.5 Å². The average Bonchev–Trinajstić information content (AvgIpc) is 2.64. The highest BCUT2D eigenvalue weighted by Gasteiger charge is 2.26. The highest BCUT2D eigenvalue weighted by molar-refractivity contribution is 6.30. The molecule has 126 valence electrons. The fourth-order valence-electron chi connectivity index (χ4n) is 2.98. The summed E-state index contributed by atoms with van der Waals surface area (Å²) in [6.07, 6.45) is 7.82. The van der Waals surface area contributed by atoms with E-state index in [9.17, 15) is 4.79 Å². The summed E-state index contributed by atoms with van der Waals surface area (Å²) in [7, 11) is 0. The molecule has 1 saturated heterocycles. The Labute approximate surface area is 147 Å². The normalized spacial score (nSPS) is 17.5. The van der Waals surface area contributed by atoms with E-state index in [2.05, 4.69) is 20.2 Å². The summed E-state index contributed by atoms with van der Waals surface area (Å²) in [6.45, 7) is 2.26. The number of hydrogen-bond donors (Lipinski definition) is 1. The van der Waals surface area contributed by atoms with Crippen molar-refractivity contribution in [3.63, 3.8) is 0 Å². The first kappa shape index (κ1) is 16.7. The summed E-state index contributed by atoms with van der Waals surface area (Å²) in [4.78, 5) is 23.0. The number of piperidine rings is 1. The smallest absolute Gasteiger partial charge is 0.224 e. The molecule has 3 rings (SSSR count). The first-order valence-electron chi connectivity index (χ1n) is 8.25. The van der Waals surface area contributed by atoms with Crippen molar-refractivity contribution in [2.45, 2.75) is 19.3 Å². The van der Waals surface area contributed by atoms with Crippen LogP contribution in [0.5, 0.6) is 0 Å². The predicted octanol–water partition coefficient (Wildman–Crippen LogP) is 2.71. The Morgan fingerprint density at radius 2 is 2.12 bits per heavy atom. The lowest BCUT2D eigenvalue weighted by Crippen LogP contribution is -2.43. The van der Waals surface area contributed by atoms with Gasteiger partial charge < -0.3 is 10.2 Å². The summed E-state index contributed by atoms with van der Waals surface area (Å²) in [6, 6.07) is 7.73. The van der Waals surface area contributed by atoms with E-state index in [1.807, 2.05) is 24.3 Å². The van der Waals surface area contributed by atoms with Gasteiger partial charge in [-0.3, -0.25) is 9.78 Å². The van der Waals surface area contributed by atoms with Gasteiger partial charge in [0.25, 0.3) is 0 Å². The number of nitrogens with zero attached hydrogens (tertiary/aromatic N) is 3. The molecule has 0 bridgehead atoms. The molecule has 0 unspecified atom stereocenters. The van der Waals surface area contributed by atoms with Crippen molar-refractivity contribution in [2.75, 3.05) is 24.5 Å². The van der Waals surface area contributed by atoms with Gasteiger partial charge in [0.05, 0.1) is 12.1 Å². The molecule has 1 aromatic heterocycles. The molecule has 2 heterocycles. The van der Waals surface area contributed by atoms with Gasteiger partial charge in [0.15, 0.2) is 0 Å². The minimum Gasteiger partial charge on any atom is -0.355 e. The van der Waals surface area contributed by atoms with Gasteiger partial charge in [-0.25, -0.2) is 4.98 Å². The van der Waals surface area contributed by atoms with Crippen molar-refractivity contribution in [3.05, 3.63) is 53.4 Å². The standard InChI is InChI=1S/C18H21ClN4O/c19-16-5-3-14(4-6-16)7-8-22-18(24)15-2-1-11-23(13-15)17-12-20-9-10-21-17/h3-6,9-10,12,15H,1-2,7-8,11,13H2,(H,22,24)/t15-/m1/s1. The van der Waals surface area contributed by atoms with Crippen LogP contribution in [0.4, 0.5) is 5.82 Å². The van der Waals surface area contributed by atoms with E-state index >= 15 is 0 Å². The fourth-order valence-corrected chi connectivity index (χ4v) is 3.11. The lowest BCUT2D eigenvalue weighted by molar-refractivity contribution is -0.125. The van der Waals surface area contributed by atoms with Crippen LogP contribution in [-0.2, 0) is 11.2 Å². The molecule has 2 aromatic rings. The fraction of sp³-hybridized carbons (Fsp3) is 0.389. The summed E-state index contributed by atoms with van der Waals surface area (Å²) >= 11 is 5.88. The largest absolute Gasteiger partial charge is 0.355 e. The molecule has 1 N–H and O–H groups in total. The van der Waals surface area contributed by atoms with Crippen molar-refractivity contribution in [1.82, 2.24) is 15.3 Å². The van der Waals surface area contributed by atoms with E-state index in [1.165, 1.54) is 5.56 Å². The van der Waals surface area contributed by atoms with Crippen LogP contribution in [0.25, 0.3) is 0 Å². The summed E-state index contributed by atoms with van der Waals surface area (Å²) in [5.41, 5.74) is 1.17. The minimum absolute atomic E-state index is 0.00553. The zero-order chi connectivity index (χ0) is 16.8. The molecule has 24 heavy (non-hydrogen) atoms. The number of anilines is 1. The third-order valence-electron chi connectivity index (χ3n) is 4.29. The summed E-state index contributed by atoms with van der Waals surface area (Å²) in [5.74, 6) is 0.972. The van der Waals surface area contributed by atoms with Crippen molar-refractivity contribution in [2.24, 2.45) is 5.92 Å². The number of amides is 1. The molecule has 1 aromatic carbocycles. The molecule has 1 aliphatic rings. The number of rotatable bonds is 5. The Hall–Kier alpha value is -2.14. The first-order valence-corrected chi connectivity index (χ1v) is 8.63. The monoisotopic (exact) mass is 344 g/mol. The second kappa shape index (κ2) is 8.11. The number of nitrogens with one attached hydrogen (secondary N) is 1. The van der Waals surface area contributed by atoms with E-state index in [4.69, 9.17) is 11.6 Å². The van der Waals surface area contributed by atoms with Gasteiger partial charge in [-0.2, -0.15) is 0 Å². The van der Waals surface area contributed by atoms with Crippen LogP contribution in [0.2, 0.25) is 5.02 Å². The second-order valence-electron chi connectivity index (χ2n) is 6.02. The summed E-state index contributed by atoms with van der Waals surface area (Å²) in [5, 5.41) is 3.78. The van der Waals surface area contributed by atoms with Gasteiger partial charge in [-0.1, -0.05) is 23.7 Å². The third-order valence-corrected chi connectivity index (χ3v) is 4.54. The number of aromatic nitrogens is 2. The molecule has 0 radical (unpaired) electrons. The molecule has 1 fully saturated rings. The van der Waals surface area contributed by atoms with E-state index in [0.717, 1.165) is 36.6 Å². The van der Waals surface area contributed by atoms with Crippen LogP contribution in [0.1, 0.15) is 18.4 Å². The molecule has 0 spiro atoms. The van der Waals surface area contributed by atoms with Crippen LogP contribution < -0.4 is 10.2 Å². The van der Waals surface area contributed by atoms with Gasteiger partial charge in [0, 0.05) is 37.1 Å². The summed E-state index contributed by atoms with van der Waals surface area (Å²) < 4.78 is 0. The van der Waals surface area contributed by atoms with E-state index < -0.39 is 0 Å². The van der Waals surface area contributed by atoms with Crippen LogP contribution in [0.3, 0.4) is 0 Å². The van der Waals surface area contributed by atoms with Crippen molar-refractivity contribution in [3.8, 4) is 0 Å². The first-order chi connectivity index (χ1) is 11.7. The average molecular weight is 345 g/mol. The lowest BCUT2D eigenvalue weighted by Gasteiger charge is -2.32. The Kier molecular flexibility index (Phi) is 5.64. The number of carbonyl (C=O) groups excluding carboxylic acids is 1. The Bertz CT molecular complexity index is 662. The van der Waals surface area contributed by atoms with Gasteiger partial charge >= 0.3 is 0 Å². The number of halogens is 1. The van der Waals surface area contributed by atoms with Crippen molar-refractivity contribution in [1.29, 1.82) is 0 Å². The molecule has 0 aliphatic carbocycles. The van der Waals surface area contributed by atoms with E-state index in [-0.39, 0.29) is 11.8 Å². The Morgan fingerprint density at radius 3 is 2.88 bits per heavy atom. The van der Waals surface area contributed by atoms with Gasteiger partial charge in [0.1, 0.15) is 5.82 Å². The maximum Gasteiger partial charge on any atom is 0.224 e. The predicted molar refractivity (Wildman–Crippen MR) is 95.1 cm³/mol. The van der Waals surface area contributed by atoms with Crippen molar-refractivity contribution < 1.29 is 4.79 Å². The van der Waals surface area contributed by atoms with E-state index in [1.54, 1.807) is 18.6 Å². The molecule has 0 saturated carbocycles. The molecule has 1 aliphatic heterocycles. The van der Waals surface area contributed by atoms with Crippen LogP contribution in [0.15, 0.2) is 42.9 Å². The number of hydrogen-bond acceptors (Lipinski definition) is 4. The van der Waals surface area contributed by atoms with Gasteiger partial charge in [-0.05, 0) is 37.0 Å². The Balaban J connectivity index is 1.48. The van der Waals surface area contributed by atoms with Gasteiger partial charge in [-0.15, -0.1) is 0 Å². The van der Waals surface area contributed by atoms with Gasteiger partial charge in [0.2, 0.25) is 5.91 Å². The molecular weight excluding hydrogens is 324 g/mol. The molecule has 5 nitrogen and oxygen atoms in total. The SMILES string of the molecule is O=C(NCCc1ccc(Cl)cc1)[C@@H]1CCCN(c2cnccn2)C1. The third kappa shape index (κ3) is 4.45. The maximum atomic E-state index is 12.4.